The van der Waals surface area contributed by atoms with Gasteiger partial charge in [-0.25, -0.2) is 0 Å². The summed E-state index contributed by atoms with van der Waals surface area (Å²) in [4.78, 5) is 9.74. The van der Waals surface area contributed by atoms with Crippen molar-refractivity contribution in [1.82, 2.24) is 15.5 Å². The van der Waals surface area contributed by atoms with Gasteiger partial charge in [0, 0.05) is 42.4 Å². The van der Waals surface area contributed by atoms with Crippen molar-refractivity contribution in [3.8, 4) is 0 Å². The van der Waals surface area contributed by atoms with Gasteiger partial charge < -0.3 is 20.4 Å². The van der Waals surface area contributed by atoms with Crippen LogP contribution in [0.5, 0.6) is 0 Å². The molecule has 0 spiro atoms. The molecule has 1 atom stereocenters. The number of piperidine rings is 1. The first kappa shape index (κ1) is 23.7. The van der Waals surface area contributed by atoms with Gasteiger partial charge in [-0.3, -0.25) is 4.99 Å². The highest BCUT2D eigenvalue weighted by Gasteiger charge is 2.23. The average Bonchev–Trinajstić information content (AvgIpc) is 3.12. The third-order valence-electron chi connectivity index (χ3n) is 5.71. The molecule has 0 aromatic heterocycles. The average molecular weight is 564 g/mol. The number of hydrogen-bond acceptors (Lipinski definition) is 3. The molecule has 1 unspecified atom stereocenters. The van der Waals surface area contributed by atoms with Gasteiger partial charge in [0.05, 0.1) is 0 Å². The topological polar surface area (TPSA) is 42.9 Å². The van der Waals surface area contributed by atoms with E-state index < -0.39 is 0 Å². The molecule has 2 aliphatic heterocycles. The van der Waals surface area contributed by atoms with E-state index in [1.807, 2.05) is 0 Å². The predicted octanol–water partition coefficient (Wildman–Crippen LogP) is 3.93. The second-order valence-corrected chi connectivity index (χ2v) is 8.76. The van der Waals surface area contributed by atoms with Crippen LogP contribution in [0.2, 0.25) is 0 Å². The van der Waals surface area contributed by atoms with Crippen LogP contribution in [-0.4, -0.2) is 63.2 Å². The van der Waals surface area contributed by atoms with E-state index in [-0.39, 0.29) is 24.0 Å². The highest BCUT2D eigenvalue weighted by Crippen LogP contribution is 2.22. The second kappa shape index (κ2) is 12.2. The van der Waals surface area contributed by atoms with Crippen LogP contribution in [0.3, 0.4) is 0 Å². The molecule has 7 heteroatoms. The van der Waals surface area contributed by atoms with Crippen molar-refractivity contribution in [3.63, 3.8) is 0 Å². The van der Waals surface area contributed by atoms with Gasteiger partial charge in [0.1, 0.15) is 0 Å². The zero-order valence-electron chi connectivity index (χ0n) is 17.2. The molecule has 1 aromatic rings. The normalized spacial score (nSPS) is 21.5. The number of halogens is 2. The van der Waals surface area contributed by atoms with Gasteiger partial charge >= 0.3 is 0 Å². The van der Waals surface area contributed by atoms with Crippen LogP contribution in [-0.2, 0) is 0 Å². The Labute approximate surface area is 195 Å². The Hall–Kier alpha value is -0.540. The Balaban J connectivity index is 0.00000280. The lowest BCUT2D eigenvalue weighted by Crippen LogP contribution is -2.44. The van der Waals surface area contributed by atoms with E-state index in [2.05, 4.69) is 74.6 Å². The molecule has 0 aliphatic carbocycles. The number of nitrogens with one attached hydrogen (secondary N) is 2. The number of nitrogens with zero attached hydrogens (tertiary/aromatic N) is 3. The Kier molecular flexibility index (Phi) is 10.4. The summed E-state index contributed by atoms with van der Waals surface area (Å²) in [5, 5.41) is 7.07. The lowest BCUT2D eigenvalue weighted by atomic mass is 9.94. The fraction of sp³-hybridized carbons (Fsp3) is 0.667. The maximum Gasteiger partial charge on any atom is 0.191 e. The van der Waals surface area contributed by atoms with Crippen LogP contribution in [0.25, 0.3) is 0 Å². The minimum Gasteiger partial charge on any atom is -0.369 e. The monoisotopic (exact) mass is 563 g/mol. The highest BCUT2D eigenvalue weighted by molar-refractivity contribution is 14.0. The summed E-state index contributed by atoms with van der Waals surface area (Å²) >= 11 is 3.51. The first-order valence-corrected chi connectivity index (χ1v) is 11.2. The van der Waals surface area contributed by atoms with E-state index in [4.69, 9.17) is 4.99 Å². The molecule has 5 nitrogen and oxygen atoms in total. The van der Waals surface area contributed by atoms with Gasteiger partial charge in [-0.05, 0) is 82.9 Å². The summed E-state index contributed by atoms with van der Waals surface area (Å²) in [5.74, 6) is 1.82. The predicted molar refractivity (Wildman–Crippen MR) is 134 cm³/mol. The van der Waals surface area contributed by atoms with Gasteiger partial charge in [0.2, 0.25) is 0 Å². The van der Waals surface area contributed by atoms with Gasteiger partial charge in [-0.2, -0.15) is 0 Å². The molecule has 28 heavy (non-hydrogen) atoms. The summed E-state index contributed by atoms with van der Waals surface area (Å²) in [7, 11) is 2.22. The molecule has 158 valence electrons. The van der Waals surface area contributed by atoms with Gasteiger partial charge in [0.15, 0.2) is 5.96 Å². The minimum atomic E-state index is 0. The molecule has 0 bridgehead atoms. The minimum absolute atomic E-state index is 0. The van der Waals surface area contributed by atoms with Crippen molar-refractivity contribution < 1.29 is 0 Å². The van der Waals surface area contributed by atoms with E-state index in [9.17, 15) is 0 Å². The smallest absolute Gasteiger partial charge is 0.191 e. The van der Waals surface area contributed by atoms with Crippen molar-refractivity contribution in [2.75, 3.05) is 51.2 Å². The van der Waals surface area contributed by atoms with Crippen molar-refractivity contribution in [2.24, 2.45) is 10.9 Å². The molecule has 2 heterocycles. The molecule has 2 N–H and O–H groups in total. The quantitative estimate of drug-likeness (QED) is 0.313. The van der Waals surface area contributed by atoms with Crippen LogP contribution in [0, 0.1) is 5.92 Å². The number of anilines is 1. The molecular formula is C21H35BrIN5. The summed E-state index contributed by atoms with van der Waals surface area (Å²) in [5.41, 5.74) is 1.30. The third-order valence-corrected chi connectivity index (χ3v) is 6.24. The van der Waals surface area contributed by atoms with Crippen LogP contribution < -0.4 is 15.5 Å². The highest BCUT2D eigenvalue weighted by atomic mass is 127. The maximum absolute atomic E-state index is 4.86. The van der Waals surface area contributed by atoms with Crippen molar-refractivity contribution in [1.29, 1.82) is 0 Å². The summed E-state index contributed by atoms with van der Waals surface area (Å²) in [6.07, 6.45) is 5.00. The largest absolute Gasteiger partial charge is 0.369 e. The van der Waals surface area contributed by atoms with Crippen molar-refractivity contribution in [2.45, 2.75) is 38.6 Å². The van der Waals surface area contributed by atoms with Crippen LogP contribution in [0.15, 0.2) is 33.7 Å². The molecule has 2 aliphatic rings. The van der Waals surface area contributed by atoms with Gasteiger partial charge in [-0.1, -0.05) is 15.9 Å². The van der Waals surface area contributed by atoms with E-state index in [1.165, 1.54) is 38.0 Å². The Morgan fingerprint density at radius 2 is 1.86 bits per heavy atom. The van der Waals surface area contributed by atoms with Crippen LogP contribution >= 0.6 is 39.9 Å². The van der Waals surface area contributed by atoms with Gasteiger partial charge in [0.25, 0.3) is 0 Å². The summed E-state index contributed by atoms with van der Waals surface area (Å²) < 4.78 is 1.13. The van der Waals surface area contributed by atoms with E-state index >= 15 is 0 Å². The molecule has 0 radical (unpaired) electrons. The van der Waals surface area contributed by atoms with E-state index in [1.54, 1.807) is 0 Å². The van der Waals surface area contributed by atoms with Crippen molar-refractivity contribution in [3.05, 3.63) is 28.7 Å². The maximum atomic E-state index is 4.86. The SMILES string of the molecule is CCNC(=NCCC1CCN(C)CC1)NC1CCN(c2ccc(Br)cc2)C1.I. The second-order valence-electron chi connectivity index (χ2n) is 7.85. The lowest BCUT2D eigenvalue weighted by molar-refractivity contribution is 0.214. The number of likely N-dealkylation sites (tertiary alicyclic amines) is 1. The van der Waals surface area contributed by atoms with Crippen LogP contribution in [0.1, 0.15) is 32.6 Å². The molecule has 2 fully saturated rings. The zero-order valence-corrected chi connectivity index (χ0v) is 21.1. The molecular weight excluding hydrogens is 529 g/mol. The number of guanidine groups is 1. The van der Waals surface area contributed by atoms with E-state index in [0.717, 1.165) is 49.0 Å². The third kappa shape index (κ3) is 7.37. The number of rotatable bonds is 6. The molecule has 1 aromatic carbocycles. The Bertz CT molecular complexity index is 601. The standard InChI is InChI=1S/C21H34BrN5.HI/c1-3-23-21(24-12-8-17-9-13-26(2)14-10-17)25-19-11-15-27(16-19)20-6-4-18(22)5-7-20;/h4-7,17,19H,3,8-16H2,1-2H3,(H2,23,24,25);1H. The summed E-state index contributed by atoms with van der Waals surface area (Å²) in [6.45, 7) is 8.56. The lowest BCUT2D eigenvalue weighted by Gasteiger charge is -2.28. The van der Waals surface area contributed by atoms with Crippen molar-refractivity contribution >= 4 is 51.6 Å². The number of aliphatic imine (C=N–C) groups is 1. The molecule has 3 rings (SSSR count). The van der Waals surface area contributed by atoms with Crippen LogP contribution in [0.4, 0.5) is 5.69 Å². The number of benzene rings is 1. The first-order chi connectivity index (χ1) is 13.1. The fourth-order valence-corrected chi connectivity index (χ4v) is 4.25. The zero-order chi connectivity index (χ0) is 19.1. The Morgan fingerprint density at radius 3 is 2.54 bits per heavy atom. The summed E-state index contributed by atoms with van der Waals surface area (Å²) in [6, 6.07) is 9.06. The van der Waals surface area contributed by atoms with Gasteiger partial charge in [-0.15, -0.1) is 24.0 Å². The first-order valence-electron chi connectivity index (χ1n) is 10.4. The molecule has 2 saturated heterocycles. The molecule has 0 saturated carbocycles. The number of hydrogen-bond donors (Lipinski definition) is 2. The molecule has 0 amide bonds. The fourth-order valence-electron chi connectivity index (χ4n) is 3.99. The van der Waals surface area contributed by atoms with E-state index in [0.29, 0.717) is 6.04 Å². The Morgan fingerprint density at radius 1 is 1.14 bits per heavy atom.